The van der Waals surface area contributed by atoms with E-state index in [4.69, 9.17) is 9.72 Å². The van der Waals surface area contributed by atoms with Gasteiger partial charge in [0.15, 0.2) is 0 Å². The van der Waals surface area contributed by atoms with Crippen LogP contribution in [0.25, 0.3) is 0 Å². The zero-order valence-corrected chi connectivity index (χ0v) is 19.7. The molecule has 0 fully saturated rings. The average Bonchev–Trinajstić information content (AvgIpc) is 2.86. The molecule has 0 saturated carbocycles. The normalized spacial score (nSPS) is 15.7. The summed E-state index contributed by atoms with van der Waals surface area (Å²) in [7, 11) is 1.60. The van der Waals surface area contributed by atoms with Crippen LogP contribution in [0.5, 0.6) is 5.75 Å². The number of methoxy groups -OCH3 is 1. The highest BCUT2D eigenvalue weighted by Crippen LogP contribution is 2.36. The third kappa shape index (κ3) is 5.37. The van der Waals surface area contributed by atoms with Crippen molar-refractivity contribution in [3.8, 4) is 11.8 Å². The van der Waals surface area contributed by atoms with Crippen LogP contribution in [0.4, 0.5) is 5.69 Å². The van der Waals surface area contributed by atoms with Gasteiger partial charge in [-0.25, -0.2) is 4.98 Å². The van der Waals surface area contributed by atoms with Gasteiger partial charge in [0, 0.05) is 17.4 Å². The maximum atomic E-state index is 13.0. The highest BCUT2D eigenvalue weighted by molar-refractivity contribution is 8.00. The summed E-state index contributed by atoms with van der Waals surface area (Å²) in [6, 6.07) is 22.1. The number of anilines is 1. The molecule has 3 aromatic rings. The Hall–Kier alpha value is -3.30. The number of nitrogens with one attached hydrogen (secondary N) is 1. The van der Waals surface area contributed by atoms with Gasteiger partial charge in [-0.15, -0.1) is 0 Å². The molecule has 1 N–H and O–H groups in total. The third-order valence-corrected chi connectivity index (χ3v) is 7.36. The lowest BCUT2D eigenvalue weighted by Crippen LogP contribution is -2.25. The SMILES string of the molecule is CCC(Sc1nc2c(cc1C#N)CC(c1ccccc1)CC2)C(=O)Nc1cccc(OC)c1. The fourth-order valence-corrected chi connectivity index (χ4v) is 5.20. The number of ether oxygens (including phenoxy) is 1. The summed E-state index contributed by atoms with van der Waals surface area (Å²) in [6.07, 6.45) is 3.42. The smallest absolute Gasteiger partial charge is 0.237 e. The van der Waals surface area contributed by atoms with Gasteiger partial charge in [-0.2, -0.15) is 5.26 Å². The van der Waals surface area contributed by atoms with Crippen LogP contribution in [-0.4, -0.2) is 23.3 Å². The quantitative estimate of drug-likeness (QED) is 0.458. The predicted octanol–water partition coefficient (Wildman–Crippen LogP) is 5.74. The second kappa shape index (κ2) is 10.5. The van der Waals surface area contributed by atoms with Crippen molar-refractivity contribution in [3.05, 3.63) is 83.0 Å². The summed E-state index contributed by atoms with van der Waals surface area (Å²) in [6.45, 7) is 1.97. The number of pyridine rings is 1. The maximum Gasteiger partial charge on any atom is 0.237 e. The Morgan fingerprint density at radius 1 is 1.24 bits per heavy atom. The molecule has 0 bridgehead atoms. The van der Waals surface area contributed by atoms with Gasteiger partial charge >= 0.3 is 0 Å². The summed E-state index contributed by atoms with van der Waals surface area (Å²) in [5, 5.41) is 13.1. The van der Waals surface area contributed by atoms with Crippen molar-refractivity contribution in [1.82, 2.24) is 4.98 Å². The first-order valence-corrected chi connectivity index (χ1v) is 12.1. The van der Waals surface area contributed by atoms with Crippen molar-refractivity contribution in [3.63, 3.8) is 0 Å². The van der Waals surface area contributed by atoms with E-state index < -0.39 is 0 Å². The Kier molecular flexibility index (Phi) is 7.31. The first-order chi connectivity index (χ1) is 16.1. The second-order valence-corrected chi connectivity index (χ2v) is 9.34. The maximum absolute atomic E-state index is 13.0. The van der Waals surface area contributed by atoms with Gasteiger partial charge in [0.05, 0.1) is 17.9 Å². The Morgan fingerprint density at radius 2 is 2.06 bits per heavy atom. The Balaban J connectivity index is 1.51. The molecule has 2 aromatic carbocycles. The molecule has 2 atom stereocenters. The fourth-order valence-electron chi connectivity index (χ4n) is 4.21. The minimum Gasteiger partial charge on any atom is -0.497 e. The number of rotatable bonds is 7. The van der Waals surface area contributed by atoms with Crippen LogP contribution in [0.1, 0.15) is 48.1 Å². The second-order valence-electron chi connectivity index (χ2n) is 8.15. The van der Waals surface area contributed by atoms with Crippen molar-refractivity contribution < 1.29 is 9.53 Å². The molecule has 1 aliphatic carbocycles. The van der Waals surface area contributed by atoms with E-state index in [1.54, 1.807) is 13.2 Å². The van der Waals surface area contributed by atoms with Gasteiger partial charge in [0.2, 0.25) is 5.91 Å². The van der Waals surface area contributed by atoms with E-state index >= 15 is 0 Å². The molecular formula is C27H27N3O2S. The topological polar surface area (TPSA) is 75.0 Å². The minimum atomic E-state index is -0.352. The largest absolute Gasteiger partial charge is 0.497 e. The van der Waals surface area contributed by atoms with Gasteiger partial charge in [-0.3, -0.25) is 4.79 Å². The first-order valence-electron chi connectivity index (χ1n) is 11.2. The van der Waals surface area contributed by atoms with Crippen LogP contribution in [0.15, 0.2) is 65.7 Å². The zero-order valence-electron chi connectivity index (χ0n) is 18.9. The minimum absolute atomic E-state index is 0.108. The van der Waals surface area contributed by atoms with Crippen molar-refractivity contribution in [2.45, 2.75) is 48.8 Å². The molecule has 5 nitrogen and oxygen atoms in total. The van der Waals surface area contributed by atoms with Crippen molar-refractivity contribution in [2.24, 2.45) is 0 Å². The Bertz CT molecular complexity index is 1170. The summed E-state index contributed by atoms with van der Waals surface area (Å²) >= 11 is 1.37. The van der Waals surface area contributed by atoms with Crippen LogP contribution in [-0.2, 0) is 17.6 Å². The van der Waals surface area contributed by atoms with Gasteiger partial charge < -0.3 is 10.1 Å². The fraction of sp³-hybridized carbons (Fsp3) is 0.296. The van der Waals surface area contributed by atoms with Crippen LogP contribution in [0.2, 0.25) is 0 Å². The van der Waals surface area contributed by atoms with Crippen LogP contribution < -0.4 is 10.1 Å². The first kappa shape index (κ1) is 22.9. The molecule has 33 heavy (non-hydrogen) atoms. The van der Waals surface area contributed by atoms with Crippen LogP contribution in [0, 0.1) is 11.3 Å². The predicted molar refractivity (Wildman–Crippen MR) is 132 cm³/mol. The number of thioether (sulfide) groups is 1. The summed E-state index contributed by atoms with van der Waals surface area (Å²) in [5.74, 6) is 1.02. The van der Waals surface area contributed by atoms with Crippen LogP contribution >= 0.6 is 11.8 Å². The zero-order chi connectivity index (χ0) is 23.2. The van der Waals surface area contributed by atoms with Crippen LogP contribution in [0.3, 0.4) is 0 Å². The van der Waals surface area contributed by atoms with E-state index in [-0.39, 0.29) is 11.2 Å². The Labute approximate surface area is 199 Å². The van der Waals surface area contributed by atoms with Gasteiger partial charge in [0.25, 0.3) is 0 Å². The van der Waals surface area contributed by atoms with Gasteiger partial charge in [-0.05, 0) is 60.9 Å². The summed E-state index contributed by atoms with van der Waals surface area (Å²) < 4.78 is 5.24. The lowest BCUT2D eigenvalue weighted by Gasteiger charge is -2.25. The lowest BCUT2D eigenvalue weighted by molar-refractivity contribution is -0.115. The number of benzene rings is 2. The molecule has 0 spiro atoms. The third-order valence-electron chi connectivity index (χ3n) is 6.00. The molecule has 6 heteroatoms. The lowest BCUT2D eigenvalue weighted by atomic mass is 9.82. The number of carbonyl (C=O) groups excluding carboxylic acids is 1. The molecular weight excluding hydrogens is 430 g/mol. The molecule has 0 saturated heterocycles. The van der Waals surface area contributed by atoms with E-state index in [2.05, 4.69) is 35.7 Å². The Morgan fingerprint density at radius 3 is 2.79 bits per heavy atom. The standard InChI is InChI=1S/C27H27N3O2S/c1-3-25(26(31)29-22-10-7-11-23(16-22)32-2)33-27-21(17-28)15-20-14-19(12-13-24(20)30-27)18-8-5-4-6-9-18/h4-11,15-16,19,25H,3,12-14H2,1-2H3,(H,29,31). The molecule has 1 heterocycles. The van der Waals surface area contributed by atoms with E-state index in [0.717, 1.165) is 30.5 Å². The molecule has 1 aromatic heterocycles. The van der Waals surface area contributed by atoms with Gasteiger partial charge in [0.1, 0.15) is 16.8 Å². The molecule has 1 aliphatic rings. The monoisotopic (exact) mass is 457 g/mol. The van der Waals surface area contributed by atoms with E-state index in [1.807, 2.05) is 37.3 Å². The molecule has 168 valence electrons. The number of aryl methyl sites for hydroxylation is 1. The van der Waals surface area contributed by atoms with Crippen molar-refractivity contribution >= 4 is 23.4 Å². The summed E-state index contributed by atoms with van der Waals surface area (Å²) in [4.78, 5) is 17.8. The van der Waals surface area contributed by atoms with Gasteiger partial charge in [-0.1, -0.05) is 55.1 Å². The molecule has 0 radical (unpaired) electrons. The number of aromatic nitrogens is 1. The molecule has 4 rings (SSSR count). The van der Waals surface area contributed by atoms with E-state index in [1.165, 1.54) is 17.3 Å². The van der Waals surface area contributed by atoms with E-state index in [0.29, 0.717) is 34.4 Å². The number of amides is 1. The van der Waals surface area contributed by atoms with Crippen molar-refractivity contribution in [2.75, 3.05) is 12.4 Å². The highest BCUT2D eigenvalue weighted by atomic mass is 32.2. The highest BCUT2D eigenvalue weighted by Gasteiger charge is 2.25. The summed E-state index contributed by atoms with van der Waals surface area (Å²) in [5.41, 5.74) is 4.75. The number of nitrogens with zero attached hydrogens (tertiary/aromatic N) is 2. The molecule has 0 aliphatic heterocycles. The average molecular weight is 458 g/mol. The molecule has 2 unspecified atom stereocenters. The number of carbonyl (C=O) groups is 1. The molecule has 1 amide bonds. The van der Waals surface area contributed by atoms with E-state index in [9.17, 15) is 10.1 Å². The van der Waals surface area contributed by atoms with Crippen molar-refractivity contribution in [1.29, 1.82) is 5.26 Å². The number of fused-ring (bicyclic) bond motifs is 1. The number of hydrogen-bond donors (Lipinski definition) is 1. The number of hydrogen-bond acceptors (Lipinski definition) is 5. The number of nitriles is 1.